The van der Waals surface area contributed by atoms with E-state index in [2.05, 4.69) is 5.32 Å². The second-order valence-corrected chi connectivity index (χ2v) is 43.1. The van der Waals surface area contributed by atoms with Gasteiger partial charge in [0.25, 0.3) is 0 Å². The van der Waals surface area contributed by atoms with Crippen LogP contribution >= 0.6 is 0 Å². The summed E-state index contributed by atoms with van der Waals surface area (Å²) in [4.78, 5) is 98.3. The molecule has 9 saturated carbocycles. The second-order valence-electron chi connectivity index (χ2n) is 43.1. The van der Waals surface area contributed by atoms with E-state index in [-0.39, 0.29) is 74.5 Å². The number of Topliss-reactive ketones (excluding diaryl/α,β-unsaturated/α-hetero) is 3. The van der Waals surface area contributed by atoms with Crippen LogP contribution in [0.1, 0.15) is 188 Å². The minimum atomic E-state index is -2.37. The van der Waals surface area contributed by atoms with Crippen LogP contribution in [0.3, 0.4) is 0 Å². The van der Waals surface area contributed by atoms with Crippen molar-refractivity contribution in [3.8, 4) is 0 Å². The largest absolute Gasteiger partial charge is 0.444 e. The lowest BCUT2D eigenvalue weighted by Gasteiger charge is -2.63. The highest BCUT2D eigenvalue weighted by molar-refractivity contribution is 6.03. The van der Waals surface area contributed by atoms with Gasteiger partial charge < -0.3 is 76.0 Å². The number of ether oxygens (including phenoxy) is 5. The minimum absolute atomic E-state index is 0.0216. The van der Waals surface area contributed by atoms with Gasteiger partial charge in [0.1, 0.15) is 50.2 Å². The maximum atomic E-state index is 17.5. The Labute approximate surface area is 824 Å². The first kappa shape index (κ1) is 103. The van der Waals surface area contributed by atoms with Crippen molar-refractivity contribution in [2.24, 2.45) is 68.0 Å². The molecule has 756 valence electrons. The van der Waals surface area contributed by atoms with Gasteiger partial charge in [-0.25, -0.2) is 31.1 Å². The number of hydrogen-bond donors (Lipinski definition) is 11. The summed E-state index contributed by atoms with van der Waals surface area (Å²) in [5.41, 5.74) is -0.154. The summed E-state index contributed by atoms with van der Waals surface area (Å²) in [6.45, 7) is 12.3. The summed E-state index contributed by atoms with van der Waals surface area (Å²) in [6.07, 6.45) is 6.90. The number of benzene rings is 6. The van der Waals surface area contributed by atoms with Crippen LogP contribution in [-0.2, 0) is 52.5 Å². The number of allylic oxidation sites excluding steroid dienone is 12. The molecule has 0 spiro atoms. The van der Waals surface area contributed by atoms with Gasteiger partial charge >= 0.3 is 6.09 Å². The number of alkyl halides is 6. The highest BCUT2D eigenvalue weighted by atomic mass is 19.2. The summed E-state index contributed by atoms with van der Waals surface area (Å²) in [7, 11) is 0. The van der Waals surface area contributed by atoms with E-state index < -0.39 is 236 Å². The van der Waals surface area contributed by atoms with Gasteiger partial charge in [-0.3, -0.25) is 38.9 Å². The highest BCUT2D eigenvalue weighted by Gasteiger charge is 2.84. The average Bonchev–Trinajstić information content (AvgIpc) is 1.49. The molecule has 1 amide bonds. The number of fused-ring (bicyclic) bond motifs is 19. The fraction of sp³-hybridized carbons (Fsp3) is 0.451. The fourth-order valence-electron chi connectivity index (χ4n) is 27.5. The molecule has 0 unspecified atom stereocenters. The SMILES string of the molecule is CC(C)(C)OC(=O)Nc1cccc(/C=C/c2ccc(C=O)cc2)c1.C[C@]12C=CC(=O)C=C1[C@@H](F)C[C@H]1[C@@H]3C[C@@H](O)[C@](O)(C(=O)CO)[C@@]3(C)C[C@H](O)[C@@]12F.C[C@]12C=CC(=O)C=C1[C@@H](F)C[C@H]1[C@@H]3C[C@H]4O[C@@H](c5ccc(/C=C/c6cccc(N)c6)cc5)O[C@@]4(C(=O)CO)[C@@]3(C)C[C@H](O)[C@@]12F.C[C@]12C=CC(=O)C=C1[C@@H](F)C[C@H]1[C@@H]3C[C@H]4O[C@H](c5ccc(/C=C/c6cccc(N)c6)cc5)O[C@@]4(C(=O)CO)[C@@]3(C)C[C@H](O)[C@@]12F. The van der Waals surface area contributed by atoms with Crippen LogP contribution in [0.5, 0.6) is 0 Å². The number of nitrogen functional groups attached to an aromatic ring is 2. The standard InChI is InChI=1S/2C36H37F2NO6.C21H26F2O6.C20H21NO3/c2*1-33-13-12-24(41)15-27(33)28(37)16-26-25-17-31-36(30(43)19-40,34(25,2)18-29(42)35(26,33)38)45-32(44-31)22-10-8-20(9-11-22)6-7-21-4-3-5-23(39)14-21;1-18-4-3-10(25)5-13(18)14(22)6-12-11-7-15(26)21(29,17(28)9-24)19(11,2)8-16(27)20(12,18)23;1-20(2,3)24-19(23)21-18-6-4-5-16(13-18)10-7-15-8-11-17(14-22)12-9-15/h2*3-15,25-26,28-29,31-32,40,42H,16-19,39H2,1-2H3;3-5,11-12,14-16,24,26-27,29H,6-9H2,1-2H3;4-14H,1-3H3,(H,21,23)/b2*7-6+;;10-7+/t25-,26-,28-,29-,31+,32+,33-,34-,35-,36+;25-,26-,28-,29-,31+,32-,33-,34-,35-,36+;11-,12-,14-,15+,16-,18-,19-,20-,21-;/m000./s1. The van der Waals surface area contributed by atoms with E-state index in [0.29, 0.717) is 33.8 Å². The van der Waals surface area contributed by atoms with Gasteiger partial charge in [-0.15, -0.1) is 0 Å². The molecule has 6 aromatic rings. The third-order valence-corrected chi connectivity index (χ3v) is 34.5. The molecule has 143 heavy (non-hydrogen) atoms. The zero-order valence-electron chi connectivity index (χ0n) is 80.7. The molecule has 14 aliphatic rings. The number of nitrogens with two attached hydrogens (primary N) is 2. The molecule has 11 fully saturated rings. The zero-order valence-corrected chi connectivity index (χ0v) is 80.7. The Bertz CT molecular complexity index is 6110. The van der Waals surface area contributed by atoms with Gasteiger partial charge in [0.2, 0.25) is 0 Å². The van der Waals surface area contributed by atoms with Gasteiger partial charge in [-0.05, 0) is 240 Å². The number of aliphatic hydroxyl groups excluding tert-OH is 7. The third kappa shape index (κ3) is 16.5. The summed E-state index contributed by atoms with van der Waals surface area (Å²) >= 11 is 0. The van der Waals surface area contributed by atoms with E-state index >= 15 is 26.3 Å². The number of ketones is 6. The van der Waals surface area contributed by atoms with Gasteiger partial charge in [0.15, 0.2) is 81.1 Å². The lowest BCUT2D eigenvalue weighted by molar-refractivity contribution is -0.235. The van der Waals surface area contributed by atoms with Crippen molar-refractivity contribution in [2.45, 2.75) is 227 Å². The van der Waals surface area contributed by atoms with E-state index in [0.717, 1.165) is 64.0 Å². The molecule has 0 aromatic heterocycles. The first-order valence-electron chi connectivity index (χ1n) is 48.5. The Balaban J connectivity index is 0.000000135. The van der Waals surface area contributed by atoms with Gasteiger partial charge in [0.05, 0.1) is 36.6 Å². The monoisotopic (exact) mass is 1970 g/mol. The first-order chi connectivity index (χ1) is 67.5. The summed E-state index contributed by atoms with van der Waals surface area (Å²) in [5.74, 6) is -8.61. The number of amides is 1. The average molecular weight is 1970 g/mol. The number of anilines is 3. The maximum Gasteiger partial charge on any atom is 0.412 e. The zero-order chi connectivity index (χ0) is 103. The van der Waals surface area contributed by atoms with E-state index in [4.69, 9.17) is 35.2 Å². The van der Waals surface area contributed by atoms with Crippen LogP contribution < -0.4 is 16.8 Å². The number of carbonyl (C=O) groups excluding carboxylic acids is 8. The Morgan fingerprint density at radius 2 is 0.762 bits per heavy atom. The van der Waals surface area contributed by atoms with Crippen molar-refractivity contribution in [1.82, 2.24) is 0 Å². The minimum Gasteiger partial charge on any atom is -0.444 e. The summed E-state index contributed by atoms with van der Waals surface area (Å²) in [5, 5.41) is 88.4. The number of aldehydes is 1. The van der Waals surface area contributed by atoms with Crippen molar-refractivity contribution < 1.29 is 129 Å². The van der Waals surface area contributed by atoms with Crippen molar-refractivity contribution in [3.05, 3.63) is 267 Å². The molecule has 2 heterocycles. The molecule has 0 radical (unpaired) electrons. The van der Waals surface area contributed by atoms with E-state index in [1.54, 1.807) is 32.0 Å². The first-order valence-corrected chi connectivity index (χ1v) is 48.5. The van der Waals surface area contributed by atoms with Crippen LogP contribution in [0.2, 0.25) is 0 Å². The molecule has 29 atom stereocenters. The summed E-state index contributed by atoms with van der Waals surface area (Å²) < 4.78 is 130. The Hall–Kier alpha value is -11.4. The van der Waals surface area contributed by atoms with E-state index in [9.17, 15) is 79.2 Å². The Morgan fingerprint density at radius 3 is 1.11 bits per heavy atom. The van der Waals surface area contributed by atoms with Crippen LogP contribution in [0, 0.1) is 68.0 Å². The molecular weight excluding hydrogens is 1850 g/mol. The van der Waals surface area contributed by atoms with Crippen molar-refractivity contribution in [2.75, 3.05) is 36.6 Å². The molecule has 30 heteroatoms. The molecule has 2 aliphatic heterocycles. The lowest BCUT2D eigenvalue weighted by atomic mass is 9.44. The topological polar surface area (TPSA) is 409 Å². The van der Waals surface area contributed by atoms with Crippen LogP contribution in [0.15, 0.2) is 217 Å². The van der Waals surface area contributed by atoms with Gasteiger partial charge in [-0.2, -0.15) is 0 Å². The summed E-state index contributed by atoms with van der Waals surface area (Å²) in [6, 6.07) is 44.7. The fourth-order valence-corrected chi connectivity index (χ4v) is 27.5. The molecule has 0 bridgehead atoms. The number of aliphatic hydroxyl groups is 8. The molecule has 2 saturated heterocycles. The van der Waals surface area contributed by atoms with Crippen LogP contribution in [0.25, 0.3) is 36.5 Å². The number of nitrogens with one attached hydrogen (secondary N) is 1. The van der Waals surface area contributed by atoms with Crippen molar-refractivity contribution >= 4 is 101 Å². The highest BCUT2D eigenvalue weighted by Crippen LogP contribution is 2.77. The lowest BCUT2D eigenvalue weighted by Crippen LogP contribution is -2.70. The molecule has 6 aromatic carbocycles. The Morgan fingerprint density at radius 1 is 0.434 bits per heavy atom. The molecule has 13 N–H and O–H groups in total. The Kier molecular flexibility index (Phi) is 27.1. The molecular formula is C113H121F6N3O21. The number of rotatable bonds is 16. The number of halogens is 6. The molecule has 24 nitrogen and oxygen atoms in total. The predicted molar refractivity (Wildman–Crippen MR) is 522 cm³/mol. The second kappa shape index (κ2) is 37.6. The number of hydrogen-bond acceptors (Lipinski definition) is 23. The maximum absolute atomic E-state index is 17.5. The number of carbonyl (C=O) groups is 8. The van der Waals surface area contributed by atoms with E-state index in [1.807, 2.05) is 185 Å². The van der Waals surface area contributed by atoms with E-state index in [1.165, 1.54) is 58.1 Å². The van der Waals surface area contributed by atoms with Gasteiger partial charge in [-0.1, -0.05) is 185 Å². The van der Waals surface area contributed by atoms with Crippen LogP contribution in [0.4, 0.5) is 48.2 Å². The quantitative estimate of drug-likeness (QED) is 0.0185. The normalized spacial score (nSPS) is 39.1. The van der Waals surface area contributed by atoms with Gasteiger partial charge in [0, 0.05) is 84.0 Å². The molecule has 20 rings (SSSR count). The molecule has 12 aliphatic carbocycles. The van der Waals surface area contributed by atoms with Crippen LogP contribution in [-0.4, -0.2) is 202 Å². The van der Waals surface area contributed by atoms with Crippen molar-refractivity contribution in [3.63, 3.8) is 0 Å². The van der Waals surface area contributed by atoms with Crippen molar-refractivity contribution in [1.29, 1.82) is 0 Å². The predicted octanol–water partition coefficient (Wildman–Crippen LogP) is 15.7. The third-order valence-electron chi connectivity index (χ3n) is 34.5. The smallest absolute Gasteiger partial charge is 0.412 e.